The minimum absolute atomic E-state index is 0.00920. The number of anilines is 2. The van der Waals surface area contributed by atoms with E-state index in [-0.39, 0.29) is 23.6 Å². The molecule has 11 heteroatoms. The van der Waals surface area contributed by atoms with Gasteiger partial charge in [0.2, 0.25) is 0 Å². The predicted octanol–water partition coefficient (Wildman–Crippen LogP) is 5.59. The minimum Gasteiger partial charge on any atom is -0.411 e. The van der Waals surface area contributed by atoms with Crippen molar-refractivity contribution in [3.05, 3.63) is 52.3 Å². The fraction of sp³-hybridized carbons (Fsp3) is 0.538. The number of benzene rings is 1. The molecule has 0 bridgehead atoms. The molecule has 2 aromatic heterocycles. The summed E-state index contributed by atoms with van der Waals surface area (Å²) < 4.78 is 54.5. The Bertz CT molecular complexity index is 1280. The van der Waals surface area contributed by atoms with Gasteiger partial charge >= 0.3 is 6.18 Å². The first-order valence-corrected chi connectivity index (χ1v) is 15.4. The average Bonchev–Trinajstić information content (AvgIpc) is 3.16. The Kier molecular flexibility index (Phi) is 7.35. The van der Waals surface area contributed by atoms with Gasteiger partial charge in [0.05, 0.1) is 42.5 Å². The van der Waals surface area contributed by atoms with Crippen LogP contribution in [0.1, 0.15) is 48.8 Å². The van der Waals surface area contributed by atoms with E-state index < -0.39 is 20.1 Å². The number of nitrogens with two attached hydrogens (primary N) is 1. The number of fused-ring (bicyclic) bond motifs is 1. The summed E-state index contributed by atoms with van der Waals surface area (Å²) >= 11 is 0. The molecule has 0 saturated carbocycles. The third-order valence-electron chi connectivity index (χ3n) is 7.60. The number of aromatic nitrogens is 3. The molecule has 1 fully saturated rings. The van der Waals surface area contributed by atoms with Crippen molar-refractivity contribution in [1.29, 1.82) is 0 Å². The molecule has 3 aromatic rings. The molecule has 1 aromatic carbocycles. The number of imidazole rings is 1. The van der Waals surface area contributed by atoms with E-state index in [4.69, 9.17) is 25.0 Å². The summed E-state index contributed by atoms with van der Waals surface area (Å²) in [6, 6.07) is 6.08. The molecule has 37 heavy (non-hydrogen) atoms. The monoisotopic (exact) mass is 535 g/mol. The lowest BCUT2D eigenvalue weighted by molar-refractivity contribution is -0.138. The van der Waals surface area contributed by atoms with E-state index in [9.17, 15) is 13.2 Å². The molecule has 4 rings (SSSR count). The number of hydrogen-bond acceptors (Lipinski definition) is 6. The molecule has 0 amide bonds. The van der Waals surface area contributed by atoms with Crippen molar-refractivity contribution in [2.24, 2.45) is 0 Å². The summed E-state index contributed by atoms with van der Waals surface area (Å²) in [4.78, 5) is 6.88. The predicted molar refractivity (Wildman–Crippen MR) is 141 cm³/mol. The van der Waals surface area contributed by atoms with Crippen LogP contribution in [0.15, 0.2) is 24.3 Å². The molecule has 0 unspecified atom stereocenters. The van der Waals surface area contributed by atoms with Crippen LogP contribution < -0.4 is 10.6 Å². The SMILES string of the molecule is Cc1c(Cc2c(CO[Si](C)(C)C(C)(C)C)nc3c(N)cc(N4CCOCC4)nn23)cccc1C(F)(F)F. The quantitative estimate of drug-likeness (QED) is 0.415. The summed E-state index contributed by atoms with van der Waals surface area (Å²) in [7, 11) is -2.12. The lowest BCUT2D eigenvalue weighted by Gasteiger charge is -2.36. The summed E-state index contributed by atoms with van der Waals surface area (Å²) in [6.07, 6.45) is -4.22. The Balaban J connectivity index is 1.82. The fourth-order valence-corrected chi connectivity index (χ4v) is 5.12. The molecule has 3 heterocycles. The number of alkyl halides is 3. The van der Waals surface area contributed by atoms with E-state index in [0.717, 1.165) is 6.07 Å². The molecule has 0 spiro atoms. The van der Waals surface area contributed by atoms with Crippen molar-refractivity contribution in [2.75, 3.05) is 36.9 Å². The molecule has 1 aliphatic heterocycles. The maximum absolute atomic E-state index is 13.6. The third-order valence-corrected chi connectivity index (χ3v) is 12.1. The maximum atomic E-state index is 13.6. The zero-order valence-corrected chi connectivity index (χ0v) is 23.4. The van der Waals surface area contributed by atoms with E-state index in [0.29, 0.717) is 60.4 Å². The van der Waals surface area contributed by atoms with Gasteiger partial charge in [-0.1, -0.05) is 32.9 Å². The van der Waals surface area contributed by atoms with Crippen LogP contribution in [0, 0.1) is 6.92 Å². The van der Waals surface area contributed by atoms with Gasteiger partial charge < -0.3 is 19.8 Å². The van der Waals surface area contributed by atoms with Crippen molar-refractivity contribution in [3.8, 4) is 0 Å². The Morgan fingerprint density at radius 3 is 2.43 bits per heavy atom. The Morgan fingerprint density at radius 2 is 1.81 bits per heavy atom. The molecule has 1 aliphatic rings. The summed E-state index contributed by atoms with van der Waals surface area (Å²) in [5.74, 6) is 0.685. The van der Waals surface area contributed by atoms with Crippen LogP contribution in [0.25, 0.3) is 5.65 Å². The number of morpholine rings is 1. The second kappa shape index (κ2) is 9.92. The van der Waals surface area contributed by atoms with Crippen LogP contribution in [0.3, 0.4) is 0 Å². The van der Waals surface area contributed by atoms with E-state index in [1.165, 1.54) is 13.0 Å². The molecule has 202 valence electrons. The van der Waals surface area contributed by atoms with Crippen molar-refractivity contribution in [2.45, 2.75) is 65.0 Å². The van der Waals surface area contributed by atoms with E-state index in [2.05, 4.69) is 38.8 Å². The van der Waals surface area contributed by atoms with Crippen molar-refractivity contribution in [3.63, 3.8) is 0 Å². The van der Waals surface area contributed by atoms with E-state index in [1.54, 1.807) is 16.6 Å². The highest BCUT2D eigenvalue weighted by atomic mass is 28.4. The van der Waals surface area contributed by atoms with Gasteiger partial charge in [0, 0.05) is 25.6 Å². The van der Waals surface area contributed by atoms with Crippen molar-refractivity contribution < 1.29 is 22.3 Å². The fourth-order valence-electron chi connectivity index (χ4n) is 4.19. The second-order valence-corrected chi connectivity index (χ2v) is 15.9. The standard InChI is InChI=1S/C26H36F3N5O2Si/c1-17-18(8-7-9-19(17)26(27,28)29)14-22-21(16-36-37(5,6)25(2,3)4)31-24-20(30)15-23(32-34(22)24)33-10-12-35-13-11-33/h7-9,15H,10-14,16,30H2,1-6H3. The largest absolute Gasteiger partial charge is 0.416 e. The first-order chi connectivity index (χ1) is 17.2. The molecule has 0 aliphatic carbocycles. The highest BCUT2D eigenvalue weighted by Crippen LogP contribution is 2.38. The van der Waals surface area contributed by atoms with Gasteiger partial charge in [0.1, 0.15) is 0 Å². The Labute approximate surface area is 216 Å². The van der Waals surface area contributed by atoms with Crippen LogP contribution >= 0.6 is 0 Å². The van der Waals surface area contributed by atoms with Gasteiger partial charge in [-0.25, -0.2) is 9.50 Å². The van der Waals surface area contributed by atoms with Crippen LogP contribution in [0.4, 0.5) is 24.7 Å². The van der Waals surface area contributed by atoms with Crippen LogP contribution in [-0.4, -0.2) is 49.2 Å². The van der Waals surface area contributed by atoms with Gasteiger partial charge in [0.15, 0.2) is 19.8 Å². The number of hydrogen-bond donors (Lipinski definition) is 1. The number of halogens is 3. The molecular weight excluding hydrogens is 499 g/mol. The third kappa shape index (κ3) is 5.63. The first-order valence-electron chi connectivity index (χ1n) is 12.5. The maximum Gasteiger partial charge on any atom is 0.416 e. The average molecular weight is 536 g/mol. The van der Waals surface area contributed by atoms with Gasteiger partial charge in [-0.2, -0.15) is 13.2 Å². The van der Waals surface area contributed by atoms with Gasteiger partial charge in [0.25, 0.3) is 0 Å². The molecule has 2 N–H and O–H groups in total. The van der Waals surface area contributed by atoms with Gasteiger partial charge in [-0.3, -0.25) is 0 Å². The van der Waals surface area contributed by atoms with Crippen molar-refractivity contribution in [1.82, 2.24) is 14.6 Å². The second-order valence-electron chi connectivity index (χ2n) is 11.1. The Hall–Kier alpha value is -2.63. The minimum atomic E-state index is -4.43. The van der Waals surface area contributed by atoms with Crippen LogP contribution in [0.5, 0.6) is 0 Å². The summed E-state index contributed by atoms with van der Waals surface area (Å²) in [6.45, 7) is 15.1. The van der Waals surface area contributed by atoms with Crippen molar-refractivity contribution >= 4 is 25.5 Å². The smallest absolute Gasteiger partial charge is 0.411 e. The summed E-state index contributed by atoms with van der Waals surface area (Å²) in [5.41, 5.74) is 8.80. The number of rotatable bonds is 6. The molecule has 0 radical (unpaired) electrons. The molecular formula is C26H36F3N5O2Si. The summed E-state index contributed by atoms with van der Waals surface area (Å²) in [5, 5.41) is 4.84. The van der Waals surface area contributed by atoms with Crippen LogP contribution in [-0.2, 0) is 28.4 Å². The molecule has 0 atom stereocenters. The highest BCUT2D eigenvalue weighted by Gasteiger charge is 2.38. The normalized spacial score (nSPS) is 15.5. The lowest BCUT2D eigenvalue weighted by Crippen LogP contribution is -2.40. The highest BCUT2D eigenvalue weighted by molar-refractivity contribution is 6.74. The number of nitrogen functional groups attached to an aromatic ring is 1. The van der Waals surface area contributed by atoms with Crippen LogP contribution in [0.2, 0.25) is 18.1 Å². The Morgan fingerprint density at radius 1 is 1.14 bits per heavy atom. The van der Waals surface area contributed by atoms with E-state index >= 15 is 0 Å². The van der Waals surface area contributed by atoms with Gasteiger partial charge in [-0.15, -0.1) is 5.10 Å². The number of ether oxygens (including phenoxy) is 1. The lowest BCUT2D eigenvalue weighted by atomic mass is 9.98. The molecule has 1 saturated heterocycles. The number of nitrogens with zero attached hydrogens (tertiary/aromatic N) is 4. The zero-order chi connectivity index (χ0) is 27.2. The molecule has 7 nitrogen and oxygen atoms in total. The van der Waals surface area contributed by atoms with E-state index in [1.807, 2.05) is 0 Å². The van der Waals surface area contributed by atoms with Gasteiger partial charge in [-0.05, 0) is 42.2 Å². The topological polar surface area (TPSA) is 77.9 Å². The first kappa shape index (κ1) is 27.4. The zero-order valence-electron chi connectivity index (χ0n) is 22.4.